The lowest BCUT2D eigenvalue weighted by Crippen LogP contribution is -2.13. The predicted molar refractivity (Wildman–Crippen MR) is 141 cm³/mol. The highest BCUT2D eigenvalue weighted by Crippen LogP contribution is 2.39. The molecule has 34 heavy (non-hydrogen) atoms. The molecule has 0 bridgehead atoms. The third kappa shape index (κ3) is 5.32. The fourth-order valence-corrected chi connectivity index (χ4v) is 4.71. The maximum Gasteiger partial charge on any atom is 0.226 e. The van der Waals surface area contributed by atoms with Gasteiger partial charge in [-0.3, -0.25) is 9.59 Å². The summed E-state index contributed by atoms with van der Waals surface area (Å²) in [6.07, 6.45) is 0.278. The second-order valence-electron chi connectivity index (χ2n) is 8.63. The van der Waals surface area contributed by atoms with Gasteiger partial charge in [0.2, 0.25) is 5.91 Å². The molecule has 4 aromatic rings. The topological polar surface area (TPSA) is 59.1 Å². The first-order chi connectivity index (χ1) is 16.3. The summed E-state index contributed by atoms with van der Waals surface area (Å²) in [5.74, 6) is -0.240. The van der Waals surface area contributed by atoms with Gasteiger partial charge < -0.3 is 5.32 Å². The maximum absolute atomic E-state index is 12.7. The lowest BCUT2D eigenvalue weighted by atomic mass is 10.0. The number of hydrogen-bond acceptors (Lipinski definition) is 4. The Bertz CT molecular complexity index is 1360. The number of benzene rings is 3. The smallest absolute Gasteiger partial charge is 0.226 e. The van der Waals surface area contributed by atoms with Gasteiger partial charge in [0.15, 0.2) is 10.9 Å². The molecule has 0 aliphatic carbocycles. The summed E-state index contributed by atoms with van der Waals surface area (Å²) in [7, 11) is 0. The van der Waals surface area contributed by atoms with Gasteiger partial charge in [-0.1, -0.05) is 72.0 Å². The molecule has 1 aromatic heterocycles. The van der Waals surface area contributed by atoms with Crippen molar-refractivity contribution in [1.29, 1.82) is 0 Å². The van der Waals surface area contributed by atoms with E-state index in [9.17, 15) is 9.59 Å². The first-order valence-electron chi connectivity index (χ1n) is 11.4. The van der Waals surface area contributed by atoms with E-state index in [1.165, 1.54) is 22.5 Å². The third-order valence-electron chi connectivity index (χ3n) is 6.10. The fourth-order valence-electron chi connectivity index (χ4n) is 3.71. The average molecular weight is 469 g/mol. The van der Waals surface area contributed by atoms with Gasteiger partial charge in [-0.25, -0.2) is 4.98 Å². The second kappa shape index (κ2) is 10.1. The summed E-state index contributed by atoms with van der Waals surface area (Å²) < 4.78 is 0. The van der Waals surface area contributed by atoms with E-state index in [4.69, 9.17) is 4.98 Å². The van der Waals surface area contributed by atoms with E-state index in [1.807, 2.05) is 62.4 Å². The number of hydrogen-bond donors (Lipinski definition) is 1. The Kier molecular flexibility index (Phi) is 7.03. The Morgan fingerprint density at radius 2 is 1.44 bits per heavy atom. The van der Waals surface area contributed by atoms with Crippen molar-refractivity contribution < 1.29 is 9.59 Å². The largest absolute Gasteiger partial charge is 0.302 e. The van der Waals surface area contributed by atoms with Crippen molar-refractivity contribution >= 4 is 28.2 Å². The second-order valence-corrected chi connectivity index (χ2v) is 9.63. The Morgan fingerprint density at radius 1 is 0.765 bits per heavy atom. The third-order valence-corrected chi connectivity index (χ3v) is 7.12. The van der Waals surface area contributed by atoms with E-state index in [0.717, 1.165) is 32.8 Å². The minimum atomic E-state index is -0.211. The molecule has 0 fully saturated rings. The minimum absolute atomic E-state index is 0.0295. The summed E-state index contributed by atoms with van der Waals surface area (Å²) in [5.41, 5.74) is 8.22. The van der Waals surface area contributed by atoms with Crippen molar-refractivity contribution in [2.75, 3.05) is 5.32 Å². The zero-order chi connectivity index (χ0) is 24.2. The number of anilines is 1. The highest BCUT2D eigenvalue weighted by Gasteiger charge is 2.18. The molecule has 0 aliphatic rings. The summed E-state index contributed by atoms with van der Waals surface area (Å²) >= 11 is 1.46. The number of ketones is 1. The van der Waals surface area contributed by atoms with Crippen LogP contribution in [0.25, 0.3) is 21.7 Å². The van der Waals surface area contributed by atoms with Gasteiger partial charge >= 0.3 is 0 Å². The molecule has 4 nitrogen and oxygen atoms in total. The number of thiazole rings is 1. The molecule has 0 saturated heterocycles. The van der Waals surface area contributed by atoms with Crippen molar-refractivity contribution in [1.82, 2.24) is 4.98 Å². The molecular formula is C29H28N2O2S. The Morgan fingerprint density at radius 3 is 2.12 bits per heavy atom. The van der Waals surface area contributed by atoms with Crippen molar-refractivity contribution in [3.8, 4) is 21.7 Å². The zero-order valence-electron chi connectivity index (χ0n) is 19.9. The fraction of sp³-hybridized carbons (Fsp3) is 0.207. The molecule has 0 spiro atoms. The van der Waals surface area contributed by atoms with Gasteiger partial charge in [0.1, 0.15) is 0 Å². The van der Waals surface area contributed by atoms with E-state index in [1.54, 1.807) is 0 Å². The number of aromatic nitrogens is 1. The average Bonchev–Trinajstić information content (AvgIpc) is 3.25. The normalized spacial score (nSPS) is 10.8. The standard InChI is InChI=1S/C29H28N2O2S/c1-18-10-12-23(16-20(18)3)25(32)14-15-26(33)30-29-31-27(22-8-6-5-7-9-22)28(34-29)24-13-11-19(2)21(4)17-24/h5-13,16-17H,14-15H2,1-4H3,(H,30,31,33). The highest BCUT2D eigenvalue weighted by atomic mass is 32.1. The van der Waals surface area contributed by atoms with Crippen LogP contribution in [0.2, 0.25) is 0 Å². The number of amides is 1. The highest BCUT2D eigenvalue weighted by molar-refractivity contribution is 7.19. The van der Waals surface area contributed by atoms with Crippen molar-refractivity contribution in [3.63, 3.8) is 0 Å². The zero-order valence-corrected chi connectivity index (χ0v) is 20.8. The molecule has 172 valence electrons. The summed E-state index contributed by atoms with van der Waals surface area (Å²) in [6.45, 7) is 8.19. The van der Waals surface area contributed by atoms with Crippen LogP contribution >= 0.6 is 11.3 Å². The molecule has 0 saturated carbocycles. The van der Waals surface area contributed by atoms with Crippen LogP contribution in [0.5, 0.6) is 0 Å². The predicted octanol–water partition coefficient (Wildman–Crippen LogP) is 7.31. The lowest BCUT2D eigenvalue weighted by Gasteiger charge is -2.05. The molecule has 0 unspecified atom stereocenters. The van der Waals surface area contributed by atoms with Crippen LogP contribution in [0, 0.1) is 27.7 Å². The number of carbonyl (C=O) groups is 2. The summed E-state index contributed by atoms with van der Waals surface area (Å²) in [6, 6.07) is 22.0. The molecule has 0 atom stereocenters. The van der Waals surface area contributed by atoms with Gasteiger partial charge in [-0.2, -0.15) is 0 Å². The van der Waals surface area contributed by atoms with Crippen LogP contribution in [-0.2, 0) is 4.79 Å². The van der Waals surface area contributed by atoms with E-state index in [2.05, 4.69) is 37.4 Å². The van der Waals surface area contributed by atoms with Crippen LogP contribution in [-0.4, -0.2) is 16.7 Å². The Labute approximate surface area is 204 Å². The van der Waals surface area contributed by atoms with Crippen molar-refractivity contribution in [2.24, 2.45) is 0 Å². The number of nitrogens with zero attached hydrogens (tertiary/aromatic N) is 1. The molecule has 4 rings (SSSR count). The number of carbonyl (C=O) groups excluding carboxylic acids is 2. The Balaban J connectivity index is 1.53. The summed E-state index contributed by atoms with van der Waals surface area (Å²) in [4.78, 5) is 31.0. The molecule has 1 N–H and O–H groups in total. The SMILES string of the molecule is Cc1ccc(C(=O)CCC(=O)Nc2nc(-c3ccccc3)c(-c3ccc(C)c(C)c3)s2)cc1C. The van der Waals surface area contributed by atoms with E-state index in [0.29, 0.717) is 10.7 Å². The maximum atomic E-state index is 12.7. The van der Waals surface area contributed by atoms with Gasteiger partial charge in [-0.15, -0.1) is 0 Å². The van der Waals surface area contributed by atoms with E-state index < -0.39 is 0 Å². The van der Waals surface area contributed by atoms with Crippen molar-refractivity contribution in [3.05, 3.63) is 94.5 Å². The van der Waals surface area contributed by atoms with Crippen LogP contribution in [0.4, 0.5) is 5.13 Å². The van der Waals surface area contributed by atoms with E-state index in [-0.39, 0.29) is 24.5 Å². The molecule has 3 aromatic carbocycles. The van der Waals surface area contributed by atoms with Crippen LogP contribution < -0.4 is 5.32 Å². The molecule has 1 heterocycles. The Hall–Kier alpha value is -3.57. The quantitative estimate of drug-likeness (QED) is 0.289. The van der Waals surface area contributed by atoms with Gasteiger partial charge in [0.05, 0.1) is 10.6 Å². The number of rotatable bonds is 7. The van der Waals surface area contributed by atoms with Gasteiger partial charge in [-0.05, 0) is 61.6 Å². The van der Waals surface area contributed by atoms with Crippen LogP contribution in [0.3, 0.4) is 0 Å². The van der Waals surface area contributed by atoms with Crippen molar-refractivity contribution in [2.45, 2.75) is 40.5 Å². The first-order valence-corrected chi connectivity index (χ1v) is 12.2. The van der Waals surface area contributed by atoms with E-state index >= 15 is 0 Å². The van der Waals surface area contributed by atoms with Crippen LogP contribution in [0.1, 0.15) is 45.5 Å². The minimum Gasteiger partial charge on any atom is -0.302 e. The molecule has 0 aliphatic heterocycles. The number of Topliss-reactive ketones (excluding diaryl/α,β-unsaturated/α-hetero) is 1. The van der Waals surface area contributed by atoms with Gasteiger partial charge in [0.25, 0.3) is 0 Å². The molecule has 0 radical (unpaired) electrons. The molecule has 1 amide bonds. The number of aryl methyl sites for hydroxylation is 4. The van der Waals surface area contributed by atoms with Gasteiger partial charge in [0, 0.05) is 24.0 Å². The lowest BCUT2D eigenvalue weighted by molar-refractivity contribution is -0.116. The number of nitrogens with one attached hydrogen (secondary N) is 1. The molecule has 5 heteroatoms. The monoisotopic (exact) mass is 468 g/mol. The molecular weight excluding hydrogens is 440 g/mol. The van der Waals surface area contributed by atoms with Crippen LogP contribution in [0.15, 0.2) is 66.7 Å². The first kappa shape index (κ1) is 23.6. The summed E-state index contributed by atoms with van der Waals surface area (Å²) in [5, 5.41) is 3.45.